The SMILES string of the molecule is CCCCCCCn1c2ccccc2c2cc(C#Cc3ccc4c(c3)c3cc(C#Cc5ccc6c(c5)c5cc(C#Cc7ccc8ccc9ccc(C#Cc%10ccc%11c(c%10)c%10cc(C#Cc%12ccc%13c(c%12)c%12cc(C#Cc%14ccc%15c(c%14)c%14ccccc%14n%15CCCCCCC)ccc%12n%13CCCCCCC)ccc%10n%11CCCCCCC)c%10ccc7c8c9%10)ccc5n6CCCCCCC)ccc3n4CCCCCCC)ccc21. The molecule has 0 unspecified atom stereocenters. The van der Waals surface area contributed by atoms with Crippen LogP contribution in [0.3, 0.4) is 0 Å². The van der Waals surface area contributed by atoms with E-state index < -0.39 is 0 Å². The zero-order valence-electron chi connectivity index (χ0n) is 87.7. The van der Waals surface area contributed by atoms with E-state index in [1.807, 2.05) is 0 Å². The molecule has 0 bridgehead atoms. The van der Waals surface area contributed by atoms with Crippen LogP contribution >= 0.6 is 0 Å². The number of rotatable bonds is 36. The fourth-order valence-electron chi connectivity index (χ4n) is 23.9. The molecule has 16 aromatic carbocycles. The number of benzene rings is 16. The topological polar surface area (TPSA) is 29.6 Å². The van der Waals surface area contributed by atoms with Crippen LogP contribution in [0.15, 0.2) is 279 Å². The van der Waals surface area contributed by atoms with Gasteiger partial charge in [0.25, 0.3) is 0 Å². The zero-order valence-corrected chi connectivity index (χ0v) is 87.7. The predicted molar refractivity (Wildman–Crippen MR) is 635 cm³/mol. The normalized spacial score (nSPS) is 11.7. The third kappa shape index (κ3) is 20.4. The van der Waals surface area contributed by atoms with Gasteiger partial charge in [-0.1, -0.05) is 339 Å². The number of aryl methyl sites for hydroxylation is 6. The number of unbranched alkanes of at least 4 members (excludes halogenated alkanes) is 24. The molecule has 6 aromatic heterocycles. The molecule has 0 saturated carbocycles. The van der Waals surface area contributed by atoms with Gasteiger partial charge in [-0.05, 0) is 277 Å². The molecule has 0 spiro atoms. The smallest absolute Gasteiger partial charge is 0.0492 e. The molecule has 6 heterocycles. The molecule has 0 aliphatic rings. The van der Waals surface area contributed by atoms with Crippen molar-refractivity contribution in [3.63, 3.8) is 0 Å². The Morgan fingerprint density at radius 2 is 0.311 bits per heavy atom. The summed E-state index contributed by atoms with van der Waals surface area (Å²) >= 11 is 0. The molecule has 0 N–H and O–H groups in total. The lowest BCUT2D eigenvalue weighted by molar-refractivity contribution is 0.584. The van der Waals surface area contributed by atoms with Gasteiger partial charge >= 0.3 is 0 Å². The first-order valence-electron chi connectivity index (χ1n) is 56.3. The molecule has 0 atom stereocenters. The molecule has 22 rings (SSSR count). The number of aromatic nitrogens is 6. The van der Waals surface area contributed by atoms with Crippen LogP contribution in [-0.4, -0.2) is 27.4 Å². The highest BCUT2D eigenvalue weighted by atomic mass is 15.0. The van der Waals surface area contributed by atoms with Crippen molar-refractivity contribution >= 4 is 163 Å². The Kier molecular flexibility index (Phi) is 29.9. The molecular weight excluding hydrogens is 1790 g/mol. The second kappa shape index (κ2) is 45.4. The summed E-state index contributed by atoms with van der Waals surface area (Å²) in [6.07, 6.45) is 37.1. The minimum Gasteiger partial charge on any atom is -0.340 e. The molecule has 0 fully saturated rings. The van der Waals surface area contributed by atoms with Crippen molar-refractivity contribution in [1.29, 1.82) is 0 Å². The lowest BCUT2D eigenvalue weighted by Gasteiger charge is -2.13. The molecule has 0 amide bonds. The third-order valence-electron chi connectivity index (χ3n) is 31.7. The molecule has 0 aliphatic heterocycles. The van der Waals surface area contributed by atoms with Gasteiger partial charge in [-0.15, -0.1) is 0 Å². The molecule has 22 aromatic rings. The summed E-state index contributed by atoms with van der Waals surface area (Å²) in [4.78, 5) is 0. The Labute approximate surface area is 874 Å². The first-order valence-corrected chi connectivity index (χ1v) is 56.3. The van der Waals surface area contributed by atoms with E-state index in [1.54, 1.807) is 0 Å². The van der Waals surface area contributed by atoms with Crippen molar-refractivity contribution in [2.75, 3.05) is 0 Å². The second-order valence-electron chi connectivity index (χ2n) is 41.9. The Bertz CT molecular complexity index is 8660. The van der Waals surface area contributed by atoms with E-state index in [1.165, 1.54) is 319 Å². The van der Waals surface area contributed by atoms with Crippen molar-refractivity contribution in [3.8, 4) is 71.0 Å². The van der Waals surface area contributed by atoms with E-state index in [2.05, 4.69) is 419 Å². The van der Waals surface area contributed by atoms with Crippen molar-refractivity contribution in [2.24, 2.45) is 0 Å². The molecule has 0 radical (unpaired) electrons. The Hall–Kier alpha value is -15.3. The maximum atomic E-state index is 3.75. The van der Waals surface area contributed by atoms with Crippen molar-refractivity contribution in [3.05, 3.63) is 346 Å². The minimum absolute atomic E-state index is 0.955. The fourth-order valence-corrected chi connectivity index (χ4v) is 23.9. The van der Waals surface area contributed by atoms with Gasteiger partial charge in [-0.2, -0.15) is 0 Å². The largest absolute Gasteiger partial charge is 0.340 e. The summed E-state index contributed by atoms with van der Waals surface area (Å²) in [6, 6.07) is 104. The highest BCUT2D eigenvalue weighted by molar-refractivity contribution is 6.25. The van der Waals surface area contributed by atoms with Crippen LogP contribution in [0.2, 0.25) is 0 Å². The average Bonchev–Trinajstić information content (AvgIpc) is 1.32. The predicted octanol–water partition coefficient (Wildman–Crippen LogP) is 37.5. The molecule has 0 saturated heterocycles. The van der Waals surface area contributed by atoms with E-state index >= 15 is 0 Å². The highest BCUT2D eigenvalue weighted by Gasteiger charge is 2.22. The van der Waals surface area contributed by atoms with Crippen LogP contribution in [-0.2, 0) is 39.3 Å². The van der Waals surface area contributed by atoms with Crippen molar-refractivity contribution < 1.29 is 0 Å². The molecule has 6 heteroatoms. The van der Waals surface area contributed by atoms with Gasteiger partial charge in [0.15, 0.2) is 0 Å². The third-order valence-corrected chi connectivity index (χ3v) is 31.7. The number of fused-ring (bicyclic) bond motifs is 18. The summed E-state index contributed by atoms with van der Waals surface area (Å²) in [7, 11) is 0. The van der Waals surface area contributed by atoms with Gasteiger partial charge in [0.2, 0.25) is 0 Å². The van der Waals surface area contributed by atoms with Crippen LogP contribution in [0, 0.1) is 71.0 Å². The van der Waals surface area contributed by atoms with Crippen LogP contribution in [0.25, 0.3) is 163 Å². The first-order chi connectivity index (χ1) is 73.2. The minimum atomic E-state index is 0.955. The standard InChI is InChI=1S/C142H136N6/c1-7-13-19-25-35-85-143-129-43-33-31-41-117(129)119-91-101(55-75-131(119)143)45-47-103-57-77-133-121(93-103)123-95-105(59-79-135(123)145(133)87-37-27-21-15-9-3)49-51-107-61-81-137-125(97-107)127-99-109(63-83-139(127)147(137)89-39-29-23-17-11-5)53-65-111-67-69-113-71-72-114-70-68-112(116-74-73-115(111)141(113)142(114)116)66-54-110-64-84-140-128(100-110)126-98-108(62-82-138(126)148(140)90-40-30-24-18-12-6)52-50-106-60-80-136-124(96-106)122-94-104(58-78-134(122)146(136)88-38-28-22-16-10-4)48-46-102-56-76-132-120(92-102)118-42-32-34-44-130(118)144(132)86-36-26-20-14-8-2/h31-34,41-44,55-64,67-84,91-100H,7-30,35-40,85-90H2,1-6H3. The van der Waals surface area contributed by atoms with E-state index in [0.717, 1.165) is 142 Å². The summed E-state index contributed by atoms with van der Waals surface area (Å²) in [5, 5.41) is 22.0. The second-order valence-corrected chi connectivity index (χ2v) is 41.9. The highest BCUT2D eigenvalue weighted by Crippen LogP contribution is 2.43. The lowest BCUT2D eigenvalue weighted by atomic mass is 9.90. The van der Waals surface area contributed by atoms with Crippen molar-refractivity contribution in [1.82, 2.24) is 27.4 Å². The molecule has 0 aliphatic carbocycles. The molecule has 6 nitrogen and oxygen atoms in total. The van der Waals surface area contributed by atoms with Gasteiger partial charge < -0.3 is 27.4 Å². The Morgan fingerprint density at radius 1 is 0.142 bits per heavy atom. The maximum Gasteiger partial charge on any atom is 0.0492 e. The quantitative estimate of drug-likeness (QED) is 0.0213. The van der Waals surface area contributed by atoms with Crippen LogP contribution < -0.4 is 0 Å². The van der Waals surface area contributed by atoms with E-state index in [9.17, 15) is 0 Å². The van der Waals surface area contributed by atoms with Gasteiger partial charge in [0.05, 0.1) is 0 Å². The number of hydrogen-bond donors (Lipinski definition) is 0. The van der Waals surface area contributed by atoms with Gasteiger partial charge in [-0.3, -0.25) is 0 Å². The van der Waals surface area contributed by atoms with Crippen LogP contribution in [0.1, 0.15) is 301 Å². The average molecular weight is 1930 g/mol. The summed E-state index contributed by atoms with van der Waals surface area (Å²) in [6.45, 7) is 19.7. The van der Waals surface area contributed by atoms with E-state index in [0.29, 0.717) is 0 Å². The number of nitrogens with zero attached hydrogens (tertiary/aromatic N) is 6. The lowest BCUT2D eigenvalue weighted by Crippen LogP contribution is -1.98. The first kappa shape index (κ1) is 97.4. The number of hydrogen-bond acceptors (Lipinski definition) is 0. The summed E-state index contributed by atoms with van der Waals surface area (Å²) in [5.74, 6) is 44.3. The Balaban J connectivity index is 0.549. The van der Waals surface area contributed by atoms with Crippen LogP contribution in [0.4, 0.5) is 0 Å². The van der Waals surface area contributed by atoms with Gasteiger partial charge in [-0.25, -0.2) is 0 Å². The van der Waals surface area contributed by atoms with Gasteiger partial charge in [0, 0.05) is 237 Å². The van der Waals surface area contributed by atoms with E-state index in [4.69, 9.17) is 0 Å². The maximum absolute atomic E-state index is 3.75. The Morgan fingerprint density at radius 3 is 0.514 bits per heavy atom. The molecular formula is C142H136N6. The monoisotopic (exact) mass is 1930 g/mol. The molecule has 734 valence electrons. The summed E-state index contributed by atoms with van der Waals surface area (Å²) in [5.41, 5.74) is 27.2. The van der Waals surface area contributed by atoms with Crippen molar-refractivity contribution in [2.45, 2.75) is 273 Å². The number of para-hydroxylation sites is 2. The summed E-state index contributed by atoms with van der Waals surface area (Å²) < 4.78 is 15.3. The zero-order chi connectivity index (χ0) is 100. The molecule has 148 heavy (non-hydrogen) atoms. The fraction of sp³-hybridized carbons (Fsp3) is 0.296. The van der Waals surface area contributed by atoms with E-state index in [-0.39, 0.29) is 0 Å². The van der Waals surface area contributed by atoms with Crippen LogP contribution in [0.5, 0.6) is 0 Å². The van der Waals surface area contributed by atoms with Gasteiger partial charge in [0.1, 0.15) is 0 Å².